The van der Waals surface area contributed by atoms with Crippen LogP contribution in [0.2, 0.25) is 0 Å². The minimum absolute atomic E-state index is 0.0288. The lowest BCUT2D eigenvalue weighted by molar-refractivity contribution is -0.137. The maximum atomic E-state index is 12.7. The highest BCUT2D eigenvalue weighted by atomic mass is 19.4. The van der Waals surface area contributed by atoms with Crippen LogP contribution in [0.3, 0.4) is 0 Å². The van der Waals surface area contributed by atoms with Gasteiger partial charge in [0.15, 0.2) is 0 Å². The van der Waals surface area contributed by atoms with Crippen LogP contribution in [-0.4, -0.2) is 18.1 Å². The third-order valence-corrected chi connectivity index (χ3v) is 2.68. The second-order valence-corrected chi connectivity index (χ2v) is 3.97. The first-order chi connectivity index (χ1) is 7.48. The lowest BCUT2D eigenvalue weighted by Crippen LogP contribution is -2.24. The van der Waals surface area contributed by atoms with Crippen LogP contribution in [-0.2, 0) is 6.18 Å². The Kier molecular flexibility index (Phi) is 2.78. The van der Waals surface area contributed by atoms with Crippen LogP contribution in [0, 0.1) is 12.8 Å². The SMILES string of the molecule is [CH2][C@H]1CCN(c2ncccc2C(F)(F)F)C1. The number of nitrogens with zero attached hydrogens (tertiary/aromatic N) is 2. The highest BCUT2D eigenvalue weighted by molar-refractivity contribution is 5.49. The first kappa shape index (κ1) is 11.2. The van der Waals surface area contributed by atoms with Gasteiger partial charge in [0.1, 0.15) is 5.82 Å². The summed E-state index contributed by atoms with van der Waals surface area (Å²) in [6, 6.07) is 2.38. The molecule has 0 bridgehead atoms. The first-order valence-electron chi connectivity index (χ1n) is 5.08. The van der Waals surface area contributed by atoms with Crippen LogP contribution in [0.15, 0.2) is 18.3 Å². The predicted molar refractivity (Wildman–Crippen MR) is 54.9 cm³/mol. The number of alkyl halides is 3. The van der Waals surface area contributed by atoms with Crippen LogP contribution >= 0.6 is 0 Å². The number of rotatable bonds is 1. The summed E-state index contributed by atoms with van der Waals surface area (Å²) in [4.78, 5) is 5.49. The van der Waals surface area contributed by atoms with Crippen molar-refractivity contribution in [3.8, 4) is 0 Å². The zero-order valence-electron chi connectivity index (χ0n) is 8.67. The fourth-order valence-corrected chi connectivity index (χ4v) is 1.90. The quantitative estimate of drug-likeness (QED) is 0.736. The van der Waals surface area contributed by atoms with Crippen molar-refractivity contribution >= 4 is 5.82 Å². The molecule has 0 amide bonds. The number of hydrogen-bond donors (Lipinski definition) is 0. The van der Waals surface area contributed by atoms with E-state index in [2.05, 4.69) is 11.9 Å². The molecule has 1 aromatic rings. The van der Waals surface area contributed by atoms with Crippen LogP contribution < -0.4 is 4.90 Å². The van der Waals surface area contributed by atoms with E-state index < -0.39 is 11.7 Å². The van der Waals surface area contributed by atoms with E-state index in [9.17, 15) is 13.2 Å². The molecule has 0 spiro atoms. The number of halogens is 3. The van der Waals surface area contributed by atoms with Gasteiger partial charge in [-0.05, 0) is 31.4 Å². The van der Waals surface area contributed by atoms with E-state index in [0.717, 1.165) is 12.5 Å². The third-order valence-electron chi connectivity index (χ3n) is 2.68. The molecule has 1 atom stereocenters. The largest absolute Gasteiger partial charge is 0.419 e. The fourth-order valence-electron chi connectivity index (χ4n) is 1.90. The van der Waals surface area contributed by atoms with Gasteiger partial charge < -0.3 is 4.90 Å². The summed E-state index contributed by atoms with van der Waals surface area (Å²) < 4.78 is 38.1. The molecule has 2 nitrogen and oxygen atoms in total. The van der Waals surface area contributed by atoms with Gasteiger partial charge in [-0.1, -0.05) is 0 Å². The van der Waals surface area contributed by atoms with Crippen LogP contribution in [0.25, 0.3) is 0 Å². The van der Waals surface area contributed by atoms with Gasteiger partial charge in [-0.25, -0.2) is 4.98 Å². The lowest BCUT2D eigenvalue weighted by Gasteiger charge is -2.21. The summed E-state index contributed by atoms with van der Waals surface area (Å²) in [6.07, 6.45) is -2.14. The van der Waals surface area contributed by atoms with Crippen LogP contribution in [0.1, 0.15) is 12.0 Å². The van der Waals surface area contributed by atoms with E-state index in [0.29, 0.717) is 13.1 Å². The average Bonchev–Trinajstić information content (AvgIpc) is 2.64. The van der Waals surface area contributed by atoms with Gasteiger partial charge >= 0.3 is 6.18 Å². The minimum Gasteiger partial charge on any atom is -0.356 e. The van der Waals surface area contributed by atoms with Crippen molar-refractivity contribution in [2.24, 2.45) is 5.92 Å². The Morgan fingerprint density at radius 1 is 1.44 bits per heavy atom. The predicted octanol–water partition coefficient (Wildman–Crippen LogP) is 2.76. The van der Waals surface area contributed by atoms with Gasteiger partial charge in [0.25, 0.3) is 0 Å². The molecule has 1 saturated heterocycles. The Balaban J connectivity index is 2.34. The molecule has 16 heavy (non-hydrogen) atoms. The lowest BCUT2D eigenvalue weighted by atomic mass is 10.2. The molecule has 1 aliphatic heterocycles. The van der Waals surface area contributed by atoms with E-state index >= 15 is 0 Å². The second kappa shape index (κ2) is 3.96. The number of aromatic nitrogens is 1. The standard InChI is InChI=1S/C11H12F3N2/c1-8-4-6-16(7-8)10-9(11(12,13)14)3-2-5-15-10/h2-3,5,8H,1,4,6-7H2/t8-/m0/s1. The van der Waals surface area contributed by atoms with E-state index in [1.54, 1.807) is 4.90 Å². The topological polar surface area (TPSA) is 16.1 Å². The van der Waals surface area contributed by atoms with Crippen LogP contribution in [0.5, 0.6) is 0 Å². The molecule has 1 radical (unpaired) electrons. The number of hydrogen-bond acceptors (Lipinski definition) is 2. The molecular weight excluding hydrogens is 217 g/mol. The second-order valence-electron chi connectivity index (χ2n) is 3.97. The zero-order chi connectivity index (χ0) is 11.8. The van der Waals surface area contributed by atoms with Crippen molar-refractivity contribution in [2.45, 2.75) is 12.6 Å². The Labute approximate surface area is 92.1 Å². The Morgan fingerprint density at radius 2 is 2.19 bits per heavy atom. The van der Waals surface area contributed by atoms with Crippen molar-refractivity contribution in [3.63, 3.8) is 0 Å². The summed E-state index contributed by atoms with van der Waals surface area (Å²) in [5.74, 6) is 0.212. The zero-order valence-corrected chi connectivity index (χ0v) is 8.67. The summed E-state index contributed by atoms with van der Waals surface area (Å²) in [5, 5.41) is 0. The number of pyridine rings is 1. The van der Waals surface area contributed by atoms with Gasteiger partial charge in [-0.3, -0.25) is 0 Å². The van der Waals surface area contributed by atoms with Crippen molar-refractivity contribution in [1.82, 2.24) is 4.98 Å². The Hall–Kier alpha value is -1.26. The van der Waals surface area contributed by atoms with Gasteiger partial charge in [0.2, 0.25) is 0 Å². The molecule has 0 aromatic carbocycles. The Bertz CT molecular complexity index is 376. The number of anilines is 1. The average molecular weight is 229 g/mol. The summed E-state index contributed by atoms with van der Waals surface area (Å²) >= 11 is 0. The van der Waals surface area contributed by atoms with E-state index in [-0.39, 0.29) is 11.7 Å². The summed E-state index contributed by atoms with van der Waals surface area (Å²) in [7, 11) is 0. The summed E-state index contributed by atoms with van der Waals surface area (Å²) in [6.45, 7) is 4.99. The van der Waals surface area contributed by atoms with Gasteiger partial charge in [-0.2, -0.15) is 13.2 Å². The summed E-state index contributed by atoms with van der Waals surface area (Å²) in [5.41, 5.74) is -0.663. The molecule has 1 aromatic heterocycles. The maximum absolute atomic E-state index is 12.7. The minimum atomic E-state index is -4.34. The molecule has 87 valence electrons. The molecule has 0 N–H and O–H groups in total. The van der Waals surface area contributed by atoms with Crippen molar-refractivity contribution in [2.75, 3.05) is 18.0 Å². The smallest absolute Gasteiger partial charge is 0.356 e. The highest BCUT2D eigenvalue weighted by Crippen LogP contribution is 2.36. The van der Waals surface area contributed by atoms with Crippen LogP contribution in [0.4, 0.5) is 19.0 Å². The molecule has 0 unspecified atom stereocenters. The molecule has 1 aliphatic rings. The normalized spacial score (nSPS) is 21.5. The van der Waals surface area contributed by atoms with E-state index in [1.165, 1.54) is 12.3 Å². The molecule has 0 aliphatic carbocycles. The molecule has 2 heterocycles. The van der Waals surface area contributed by atoms with Crippen molar-refractivity contribution in [3.05, 3.63) is 30.8 Å². The highest BCUT2D eigenvalue weighted by Gasteiger charge is 2.36. The van der Waals surface area contributed by atoms with Gasteiger partial charge in [0, 0.05) is 19.3 Å². The monoisotopic (exact) mass is 229 g/mol. The van der Waals surface area contributed by atoms with E-state index in [4.69, 9.17) is 0 Å². The molecule has 5 heteroatoms. The maximum Gasteiger partial charge on any atom is 0.419 e. The third kappa shape index (κ3) is 2.13. The van der Waals surface area contributed by atoms with Gasteiger partial charge in [0.05, 0.1) is 5.56 Å². The first-order valence-corrected chi connectivity index (χ1v) is 5.08. The van der Waals surface area contributed by atoms with E-state index in [1.807, 2.05) is 0 Å². The molecular formula is C11H12F3N2. The van der Waals surface area contributed by atoms with Crippen molar-refractivity contribution < 1.29 is 13.2 Å². The Morgan fingerprint density at radius 3 is 2.75 bits per heavy atom. The molecule has 0 saturated carbocycles. The molecule has 2 rings (SSSR count). The van der Waals surface area contributed by atoms with Gasteiger partial charge in [-0.15, -0.1) is 0 Å². The fraction of sp³-hybridized carbons (Fsp3) is 0.455. The van der Waals surface area contributed by atoms with Crippen molar-refractivity contribution in [1.29, 1.82) is 0 Å². The molecule has 1 fully saturated rings.